The minimum Gasteiger partial charge on any atom is -0.395 e. The second-order valence-electron chi connectivity index (χ2n) is 7.67. The Kier molecular flexibility index (Phi) is 11.9. The molecule has 25 heavy (non-hydrogen) atoms. The number of hydrogen-bond acceptors (Lipinski definition) is 6. The summed E-state index contributed by atoms with van der Waals surface area (Å²) in [5, 5.41) is 9.53. The van der Waals surface area contributed by atoms with E-state index in [2.05, 4.69) is 21.3 Å². The van der Waals surface area contributed by atoms with Crippen molar-refractivity contribution in [3.63, 3.8) is 0 Å². The summed E-state index contributed by atoms with van der Waals surface area (Å²) in [4.78, 5) is 2.51. The normalized spacial score (nSPS) is 25.1. The van der Waals surface area contributed by atoms with Crippen LogP contribution >= 0.6 is 23.9 Å². The van der Waals surface area contributed by atoms with E-state index in [9.17, 15) is 5.11 Å². The molecular formula is C19H39N3OS2. The smallest absolute Gasteiger partial charge is 0.0584 e. The van der Waals surface area contributed by atoms with Crippen molar-refractivity contribution in [1.29, 1.82) is 0 Å². The average Bonchev–Trinajstić information content (AvgIpc) is 3.32. The molecule has 0 aromatic carbocycles. The first-order valence-corrected chi connectivity index (χ1v) is 12.4. The van der Waals surface area contributed by atoms with Crippen LogP contribution in [0.4, 0.5) is 0 Å². The zero-order chi connectivity index (χ0) is 17.7. The van der Waals surface area contributed by atoms with Gasteiger partial charge in [0.05, 0.1) is 6.61 Å². The highest BCUT2D eigenvalue weighted by molar-refractivity contribution is 7.97. The van der Waals surface area contributed by atoms with E-state index < -0.39 is 0 Å². The van der Waals surface area contributed by atoms with Crippen molar-refractivity contribution in [2.24, 2.45) is 0 Å². The molecule has 2 aliphatic heterocycles. The van der Waals surface area contributed by atoms with Gasteiger partial charge in [-0.2, -0.15) is 0 Å². The zero-order valence-corrected chi connectivity index (χ0v) is 17.7. The lowest BCUT2D eigenvalue weighted by molar-refractivity contribution is 0.129. The van der Waals surface area contributed by atoms with Gasteiger partial charge in [-0.15, -0.1) is 0 Å². The van der Waals surface area contributed by atoms with Crippen LogP contribution in [0.1, 0.15) is 71.1 Å². The molecule has 0 bridgehead atoms. The number of hydrogen-bond donors (Lipinski definition) is 3. The monoisotopic (exact) mass is 389 g/mol. The van der Waals surface area contributed by atoms with Crippen molar-refractivity contribution in [3.8, 4) is 0 Å². The van der Waals surface area contributed by atoms with Gasteiger partial charge in [-0.1, -0.05) is 49.6 Å². The number of rotatable bonds is 14. The first-order chi connectivity index (χ1) is 12.3. The number of nitrogens with zero attached hydrogens (tertiary/aromatic N) is 1. The third-order valence-corrected chi connectivity index (χ3v) is 7.40. The summed E-state index contributed by atoms with van der Waals surface area (Å²) in [6, 6.07) is 1.82. The van der Waals surface area contributed by atoms with E-state index in [4.69, 9.17) is 0 Å². The van der Waals surface area contributed by atoms with Gasteiger partial charge in [0.2, 0.25) is 0 Å². The highest BCUT2D eigenvalue weighted by Crippen LogP contribution is 2.19. The molecule has 2 fully saturated rings. The Morgan fingerprint density at radius 1 is 0.880 bits per heavy atom. The molecule has 2 rings (SSSR count). The highest BCUT2D eigenvalue weighted by atomic mass is 32.2. The van der Waals surface area contributed by atoms with Gasteiger partial charge in [0.1, 0.15) is 0 Å². The van der Waals surface area contributed by atoms with Gasteiger partial charge in [-0.3, -0.25) is 14.3 Å². The quantitative estimate of drug-likeness (QED) is 0.310. The molecule has 2 aliphatic rings. The lowest BCUT2D eigenvalue weighted by Crippen LogP contribution is -2.37. The minimum absolute atomic E-state index is 0.284. The lowest BCUT2D eigenvalue weighted by Gasteiger charge is -2.28. The van der Waals surface area contributed by atoms with Crippen LogP contribution in [0.15, 0.2) is 0 Å². The molecule has 0 spiro atoms. The van der Waals surface area contributed by atoms with Crippen molar-refractivity contribution < 1.29 is 5.11 Å². The summed E-state index contributed by atoms with van der Waals surface area (Å²) in [5.74, 6) is 2.56. The van der Waals surface area contributed by atoms with Crippen molar-refractivity contribution in [1.82, 2.24) is 14.3 Å². The average molecular weight is 390 g/mol. The van der Waals surface area contributed by atoms with Gasteiger partial charge in [0.25, 0.3) is 0 Å². The molecule has 0 saturated carbocycles. The highest BCUT2D eigenvalue weighted by Gasteiger charge is 2.16. The Bertz CT molecular complexity index is 298. The van der Waals surface area contributed by atoms with Crippen LogP contribution in [-0.4, -0.2) is 59.3 Å². The second kappa shape index (κ2) is 13.7. The van der Waals surface area contributed by atoms with Crippen molar-refractivity contribution in [3.05, 3.63) is 0 Å². The van der Waals surface area contributed by atoms with Crippen LogP contribution in [0.25, 0.3) is 0 Å². The molecule has 3 unspecified atom stereocenters. The minimum atomic E-state index is 0.284. The van der Waals surface area contributed by atoms with Gasteiger partial charge in [0, 0.05) is 29.6 Å². The lowest BCUT2D eigenvalue weighted by atomic mass is 10.1. The van der Waals surface area contributed by atoms with E-state index in [1.54, 1.807) is 0 Å². The fraction of sp³-hybridized carbons (Fsp3) is 1.00. The summed E-state index contributed by atoms with van der Waals surface area (Å²) >= 11 is 3.78. The first kappa shape index (κ1) is 21.8. The molecule has 3 N–H and O–H groups in total. The third-order valence-electron chi connectivity index (χ3n) is 5.52. The molecular weight excluding hydrogens is 350 g/mol. The van der Waals surface area contributed by atoms with E-state index in [1.165, 1.54) is 75.7 Å². The van der Waals surface area contributed by atoms with Crippen LogP contribution in [0.3, 0.4) is 0 Å². The molecule has 148 valence electrons. The standard InChI is InChI=1S/C19H39N3OS2/c1-17(16-23)22(12-6-2-4-8-18-10-14-24-20-18)13-7-3-5-9-19-11-15-25-21-19/h17-21,23H,2-16H2,1H3. The summed E-state index contributed by atoms with van der Waals surface area (Å²) in [6.07, 6.45) is 13.2. The van der Waals surface area contributed by atoms with E-state index in [-0.39, 0.29) is 6.61 Å². The van der Waals surface area contributed by atoms with E-state index >= 15 is 0 Å². The predicted molar refractivity (Wildman–Crippen MR) is 113 cm³/mol. The molecule has 0 aliphatic carbocycles. The zero-order valence-electron chi connectivity index (χ0n) is 16.0. The Morgan fingerprint density at radius 2 is 1.40 bits per heavy atom. The van der Waals surface area contributed by atoms with Crippen LogP contribution in [0.5, 0.6) is 0 Å². The summed E-state index contributed by atoms with van der Waals surface area (Å²) in [7, 11) is 0. The van der Waals surface area contributed by atoms with E-state index in [0.29, 0.717) is 6.04 Å². The van der Waals surface area contributed by atoms with Gasteiger partial charge in [-0.05, 0) is 58.5 Å². The van der Waals surface area contributed by atoms with Crippen molar-refractivity contribution in [2.75, 3.05) is 31.2 Å². The van der Waals surface area contributed by atoms with Crippen molar-refractivity contribution in [2.45, 2.75) is 89.3 Å². The van der Waals surface area contributed by atoms with Gasteiger partial charge < -0.3 is 5.11 Å². The fourth-order valence-electron chi connectivity index (χ4n) is 3.71. The molecule has 0 aromatic heterocycles. The number of unbranched alkanes of at least 4 members (excludes halogenated alkanes) is 4. The summed E-state index contributed by atoms with van der Waals surface area (Å²) in [6.45, 7) is 4.75. The van der Waals surface area contributed by atoms with Crippen LogP contribution in [0.2, 0.25) is 0 Å². The van der Waals surface area contributed by atoms with E-state index in [0.717, 1.165) is 25.2 Å². The van der Waals surface area contributed by atoms with Crippen LogP contribution in [0, 0.1) is 0 Å². The Hall–Kier alpha value is 0.540. The Morgan fingerprint density at radius 3 is 1.80 bits per heavy atom. The van der Waals surface area contributed by atoms with Crippen LogP contribution < -0.4 is 9.44 Å². The maximum atomic E-state index is 9.53. The SMILES string of the molecule is CC(CO)N(CCCCCC1CCSN1)CCCCCC1CCSN1. The number of nitrogens with one attached hydrogen (secondary N) is 2. The number of aliphatic hydroxyl groups excluding tert-OH is 1. The summed E-state index contributed by atoms with van der Waals surface area (Å²) < 4.78 is 7.02. The molecule has 0 amide bonds. The molecule has 0 radical (unpaired) electrons. The van der Waals surface area contributed by atoms with Gasteiger partial charge >= 0.3 is 0 Å². The largest absolute Gasteiger partial charge is 0.395 e. The van der Waals surface area contributed by atoms with E-state index in [1.807, 2.05) is 23.9 Å². The maximum Gasteiger partial charge on any atom is 0.0584 e. The molecule has 2 heterocycles. The topological polar surface area (TPSA) is 47.5 Å². The van der Waals surface area contributed by atoms with Gasteiger partial charge in [-0.25, -0.2) is 0 Å². The molecule has 6 heteroatoms. The Labute approximate surface area is 163 Å². The third kappa shape index (κ3) is 9.34. The van der Waals surface area contributed by atoms with Gasteiger partial charge in [0.15, 0.2) is 0 Å². The molecule has 4 nitrogen and oxygen atoms in total. The predicted octanol–water partition coefficient (Wildman–Crippen LogP) is 3.81. The molecule has 0 aromatic rings. The second-order valence-corrected chi connectivity index (χ2v) is 9.54. The molecule has 3 atom stereocenters. The summed E-state index contributed by atoms with van der Waals surface area (Å²) in [5.41, 5.74) is 0. The van der Waals surface area contributed by atoms with Crippen molar-refractivity contribution >= 4 is 23.9 Å². The number of aliphatic hydroxyl groups is 1. The molecule has 2 saturated heterocycles. The Balaban J connectivity index is 1.49. The first-order valence-electron chi connectivity index (χ1n) is 10.4. The fourth-order valence-corrected chi connectivity index (χ4v) is 5.70. The van der Waals surface area contributed by atoms with Crippen LogP contribution in [-0.2, 0) is 0 Å². The maximum absolute atomic E-state index is 9.53.